The number of alkyl halides is 3. The van der Waals surface area contributed by atoms with Gasteiger partial charge in [-0.2, -0.15) is 13.2 Å². The first-order chi connectivity index (χ1) is 8.32. The summed E-state index contributed by atoms with van der Waals surface area (Å²) in [7, 11) is 0. The second-order valence-corrected chi connectivity index (χ2v) is 3.99. The van der Waals surface area contributed by atoms with Crippen molar-refractivity contribution in [1.29, 1.82) is 0 Å². The van der Waals surface area contributed by atoms with E-state index >= 15 is 0 Å². The summed E-state index contributed by atoms with van der Waals surface area (Å²) in [5.74, 6) is 0. The highest BCUT2D eigenvalue weighted by atomic mass is 19.4. The number of urea groups is 1. The van der Waals surface area contributed by atoms with Crippen LogP contribution in [0.25, 0.3) is 0 Å². The average molecular weight is 260 g/mol. The number of anilines is 1. The Labute approximate surface area is 103 Å². The summed E-state index contributed by atoms with van der Waals surface area (Å²) in [6.45, 7) is 3.71. The van der Waals surface area contributed by atoms with E-state index in [9.17, 15) is 18.0 Å². The third kappa shape index (κ3) is 4.27. The van der Waals surface area contributed by atoms with Gasteiger partial charge in [-0.3, -0.25) is 0 Å². The summed E-state index contributed by atoms with van der Waals surface area (Å²) in [5, 5.41) is 4.97. The molecule has 0 saturated heterocycles. The molecule has 0 saturated carbocycles. The molecule has 1 aromatic carbocycles. The summed E-state index contributed by atoms with van der Waals surface area (Å²) < 4.78 is 37.3. The van der Waals surface area contributed by atoms with Gasteiger partial charge in [-0.15, -0.1) is 0 Å². The van der Waals surface area contributed by atoms with Crippen LogP contribution in [0.1, 0.15) is 25.8 Å². The fourth-order valence-corrected chi connectivity index (χ4v) is 1.27. The number of carbonyl (C=O) groups is 1. The standard InChI is InChI=1S/C12H15F3N2O/c1-3-8(2)16-11(18)17-10-6-4-5-9(7-10)12(13,14)15/h4-8H,3H2,1-2H3,(H2,16,17,18). The fourth-order valence-electron chi connectivity index (χ4n) is 1.27. The minimum Gasteiger partial charge on any atom is -0.335 e. The van der Waals surface area contributed by atoms with Crippen molar-refractivity contribution in [3.8, 4) is 0 Å². The Hall–Kier alpha value is -1.72. The number of benzene rings is 1. The van der Waals surface area contributed by atoms with E-state index in [-0.39, 0.29) is 11.7 Å². The van der Waals surface area contributed by atoms with Crippen LogP contribution < -0.4 is 10.6 Å². The predicted octanol–water partition coefficient (Wildman–Crippen LogP) is 3.63. The molecule has 2 N–H and O–H groups in total. The fraction of sp³-hybridized carbons (Fsp3) is 0.417. The van der Waals surface area contributed by atoms with E-state index in [1.807, 2.05) is 13.8 Å². The number of halogens is 3. The van der Waals surface area contributed by atoms with Crippen molar-refractivity contribution in [3.05, 3.63) is 29.8 Å². The van der Waals surface area contributed by atoms with Gasteiger partial charge in [0.15, 0.2) is 0 Å². The summed E-state index contributed by atoms with van der Waals surface area (Å²) >= 11 is 0. The van der Waals surface area contributed by atoms with Crippen LogP contribution in [0.3, 0.4) is 0 Å². The monoisotopic (exact) mass is 260 g/mol. The average Bonchev–Trinajstić information content (AvgIpc) is 2.27. The molecule has 2 amide bonds. The molecule has 0 aliphatic rings. The molecule has 100 valence electrons. The lowest BCUT2D eigenvalue weighted by molar-refractivity contribution is -0.137. The third-order valence-corrected chi connectivity index (χ3v) is 2.44. The summed E-state index contributed by atoms with van der Waals surface area (Å²) in [4.78, 5) is 11.4. The largest absolute Gasteiger partial charge is 0.416 e. The van der Waals surface area contributed by atoms with Crippen LogP contribution in [0.2, 0.25) is 0 Å². The molecule has 18 heavy (non-hydrogen) atoms. The van der Waals surface area contributed by atoms with Crippen molar-refractivity contribution in [3.63, 3.8) is 0 Å². The minimum atomic E-state index is -4.41. The van der Waals surface area contributed by atoms with Gasteiger partial charge < -0.3 is 10.6 Å². The van der Waals surface area contributed by atoms with Gasteiger partial charge in [-0.05, 0) is 31.5 Å². The van der Waals surface area contributed by atoms with E-state index in [4.69, 9.17) is 0 Å². The van der Waals surface area contributed by atoms with E-state index in [2.05, 4.69) is 10.6 Å². The van der Waals surface area contributed by atoms with Gasteiger partial charge in [0.05, 0.1) is 5.56 Å². The maximum atomic E-state index is 12.4. The van der Waals surface area contributed by atoms with Crippen molar-refractivity contribution < 1.29 is 18.0 Å². The van der Waals surface area contributed by atoms with Crippen molar-refractivity contribution in [2.24, 2.45) is 0 Å². The van der Waals surface area contributed by atoms with E-state index in [1.165, 1.54) is 12.1 Å². The van der Waals surface area contributed by atoms with E-state index in [0.717, 1.165) is 18.6 Å². The molecule has 0 radical (unpaired) electrons. The Balaban J connectivity index is 2.71. The van der Waals surface area contributed by atoms with Crippen LogP contribution in [0, 0.1) is 0 Å². The molecular formula is C12H15F3N2O. The van der Waals surface area contributed by atoms with Crippen molar-refractivity contribution in [2.75, 3.05) is 5.32 Å². The van der Waals surface area contributed by atoms with Crippen LogP contribution in [-0.2, 0) is 6.18 Å². The molecule has 1 rings (SSSR count). The van der Waals surface area contributed by atoms with Crippen LogP contribution in [0.5, 0.6) is 0 Å². The van der Waals surface area contributed by atoms with Crippen LogP contribution >= 0.6 is 0 Å². The lowest BCUT2D eigenvalue weighted by Gasteiger charge is -2.13. The molecule has 0 heterocycles. The Morgan fingerprint density at radius 3 is 2.61 bits per heavy atom. The first kappa shape index (κ1) is 14.3. The molecule has 0 aliphatic heterocycles. The van der Waals surface area contributed by atoms with Crippen LogP contribution in [0.4, 0.5) is 23.7 Å². The molecule has 1 unspecified atom stereocenters. The molecule has 6 heteroatoms. The van der Waals surface area contributed by atoms with E-state index in [0.29, 0.717) is 0 Å². The molecule has 0 aromatic heterocycles. The van der Waals surface area contributed by atoms with E-state index < -0.39 is 17.8 Å². The highest BCUT2D eigenvalue weighted by Gasteiger charge is 2.30. The molecule has 0 bridgehead atoms. The Morgan fingerprint density at radius 1 is 1.39 bits per heavy atom. The summed E-state index contributed by atoms with van der Waals surface area (Å²) in [6.07, 6.45) is -3.67. The lowest BCUT2D eigenvalue weighted by Crippen LogP contribution is -2.35. The van der Waals surface area contributed by atoms with Gasteiger partial charge in [0, 0.05) is 11.7 Å². The Morgan fingerprint density at radius 2 is 2.06 bits per heavy atom. The predicted molar refractivity (Wildman–Crippen MR) is 63.4 cm³/mol. The molecule has 1 aromatic rings. The minimum absolute atomic E-state index is 0.0317. The number of hydrogen-bond donors (Lipinski definition) is 2. The molecule has 3 nitrogen and oxygen atoms in total. The second-order valence-electron chi connectivity index (χ2n) is 3.99. The number of amides is 2. The zero-order chi connectivity index (χ0) is 13.8. The van der Waals surface area contributed by atoms with Gasteiger partial charge in [-0.25, -0.2) is 4.79 Å². The molecule has 0 aliphatic carbocycles. The van der Waals surface area contributed by atoms with Crippen molar-refractivity contribution >= 4 is 11.7 Å². The van der Waals surface area contributed by atoms with Gasteiger partial charge in [0.1, 0.15) is 0 Å². The zero-order valence-electron chi connectivity index (χ0n) is 10.1. The van der Waals surface area contributed by atoms with E-state index in [1.54, 1.807) is 0 Å². The highest BCUT2D eigenvalue weighted by molar-refractivity contribution is 5.89. The normalized spacial score (nSPS) is 12.9. The topological polar surface area (TPSA) is 41.1 Å². The highest BCUT2D eigenvalue weighted by Crippen LogP contribution is 2.30. The van der Waals surface area contributed by atoms with Gasteiger partial charge in [0.2, 0.25) is 0 Å². The lowest BCUT2D eigenvalue weighted by atomic mass is 10.2. The van der Waals surface area contributed by atoms with Gasteiger partial charge in [-0.1, -0.05) is 13.0 Å². The van der Waals surface area contributed by atoms with Gasteiger partial charge in [0.25, 0.3) is 0 Å². The first-order valence-electron chi connectivity index (χ1n) is 5.57. The van der Waals surface area contributed by atoms with Crippen LogP contribution in [0.15, 0.2) is 24.3 Å². The zero-order valence-corrected chi connectivity index (χ0v) is 10.1. The molecule has 1 atom stereocenters. The Bertz CT molecular complexity index is 418. The second kappa shape index (κ2) is 5.75. The molecule has 0 spiro atoms. The number of nitrogens with one attached hydrogen (secondary N) is 2. The maximum absolute atomic E-state index is 12.4. The quantitative estimate of drug-likeness (QED) is 0.856. The number of rotatable bonds is 3. The maximum Gasteiger partial charge on any atom is 0.416 e. The Kier molecular flexibility index (Phi) is 4.58. The molecule has 0 fully saturated rings. The third-order valence-electron chi connectivity index (χ3n) is 2.44. The first-order valence-corrected chi connectivity index (χ1v) is 5.57. The van der Waals surface area contributed by atoms with Crippen molar-refractivity contribution in [2.45, 2.75) is 32.5 Å². The SMILES string of the molecule is CCC(C)NC(=O)Nc1cccc(C(F)(F)F)c1. The van der Waals surface area contributed by atoms with Crippen molar-refractivity contribution in [1.82, 2.24) is 5.32 Å². The number of carbonyl (C=O) groups excluding carboxylic acids is 1. The van der Waals surface area contributed by atoms with Gasteiger partial charge >= 0.3 is 12.2 Å². The molecular weight excluding hydrogens is 245 g/mol. The smallest absolute Gasteiger partial charge is 0.335 e. The number of hydrogen-bond acceptors (Lipinski definition) is 1. The summed E-state index contributed by atoms with van der Waals surface area (Å²) in [5.41, 5.74) is -0.672. The summed E-state index contributed by atoms with van der Waals surface area (Å²) in [6, 6.07) is 3.97. The van der Waals surface area contributed by atoms with Crippen LogP contribution in [-0.4, -0.2) is 12.1 Å².